The van der Waals surface area contributed by atoms with Crippen LogP contribution in [0.25, 0.3) is 0 Å². The van der Waals surface area contributed by atoms with Crippen molar-refractivity contribution in [3.63, 3.8) is 0 Å². The smallest absolute Gasteiger partial charge is 0.272 e. The number of benzene rings is 3. The number of ether oxygens (including phenoxy) is 3. The minimum absolute atomic E-state index is 0.257. The number of nitrogens with one attached hydrogen (secondary N) is 1. The lowest BCUT2D eigenvalue weighted by molar-refractivity contribution is -0.120. The second-order valence-corrected chi connectivity index (χ2v) is 8.19. The minimum Gasteiger partial charge on any atom is -0.493 e. The predicted molar refractivity (Wildman–Crippen MR) is 132 cm³/mol. The number of para-hydroxylation sites is 1. The van der Waals surface area contributed by atoms with Crippen molar-refractivity contribution in [2.45, 2.75) is 12.6 Å². The van der Waals surface area contributed by atoms with Gasteiger partial charge in [-0.25, -0.2) is 4.99 Å². The number of hydrogen-bond acceptors (Lipinski definition) is 6. The lowest BCUT2D eigenvalue weighted by Gasteiger charge is -2.21. The van der Waals surface area contributed by atoms with Crippen LogP contribution >= 0.6 is 0 Å². The molecule has 0 aliphatic carbocycles. The first-order valence-electron chi connectivity index (χ1n) is 11.2. The molecule has 35 heavy (non-hydrogen) atoms. The molecule has 2 aliphatic rings. The standard InChI is InChI=1S/C27H25N3O5/c1-33-20-14-18(15-21(34-2)24(20)35-3)26(31)29-25-27(32)30-13-12-17-10-7-11-19(23(17)30)22(28-25)16-8-5-4-6-9-16/h4-11,14-15,25H,12-13H2,1-3H3,(H,29,31)/t25-/m0/s1. The summed E-state index contributed by atoms with van der Waals surface area (Å²) < 4.78 is 16.1. The number of anilines is 1. The number of carbonyl (C=O) groups is 2. The number of nitrogens with zero attached hydrogens (tertiary/aromatic N) is 2. The fourth-order valence-corrected chi connectivity index (χ4v) is 4.61. The van der Waals surface area contributed by atoms with Crippen molar-refractivity contribution >= 4 is 23.2 Å². The lowest BCUT2D eigenvalue weighted by atomic mass is 9.98. The van der Waals surface area contributed by atoms with E-state index in [1.54, 1.807) is 17.0 Å². The molecule has 2 heterocycles. The summed E-state index contributed by atoms with van der Waals surface area (Å²) in [4.78, 5) is 33.4. The van der Waals surface area contributed by atoms with E-state index in [9.17, 15) is 9.59 Å². The number of amides is 2. The zero-order valence-corrected chi connectivity index (χ0v) is 19.7. The van der Waals surface area contributed by atoms with Gasteiger partial charge in [-0.2, -0.15) is 0 Å². The summed E-state index contributed by atoms with van der Waals surface area (Å²) in [6.45, 7) is 0.541. The zero-order chi connectivity index (χ0) is 24.5. The third-order valence-electron chi connectivity index (χ3n) is 6.25. The summed E-state index contributed by atoms with van der Waals surface area (Å²) in [6.07, 6.45) is -0.347. The Morgan fingerprint density at radius 3 is 2.34 bits per heavy atom. The van der Waals surface area contributed by atoms with Gasteiger partial charge in [-0.1, -0.05) is 48.5 Å². The molecule has 1 atom stereocenters. The van der Waals surface area contributed by atoms with Gasteiger partial charge in [0.25, 0.3) is 11.8 Å². The number of hydrogen-bond donors (Lipinski definition) is 1. The first kappa shape index (κ1) is 22.5. The van der Waals surface area contributed by atoms with E-state index < -0.39 is 12.1 Å². The van der Waals surface area contributed by atoms with Crippen LogP contribution in [0.1, 0.15) is 27.0 Å². The number of carbonyl (C=O) groups excluding carboxylic acids is 2. The Morgan fingerprint density at radius 1 is 0.971 bits per heavy atom. The molecule has 2 amide bonds. The normalized spacial score (nSPS) is 16.2. The van der Waals surface area contributed by atoms with Gasteiger partial charge in [0.05, 0.1) is 32.7 Å². The molecule has 3 aromatic carbocycles. The predicted octanol–water partition coefficient (Wildman–Crippen LogP) is 3.21. The van der Waals surface area contributed by atoms with E-state index >= 15 is 0 Å². The molecule has 0 saturated heterocycles. The van der Waals surface area contributed by atoms with Crippen LogP contribution in [0.3, 0.4) is 0 Å². The average Bonchev–Trinajstić information content (AvgIpc) is 3.30. The van der Waals surface area contributed by atoms with Gasteiger partial charge >= 0.3 is 0 Å². The first-order chi connectivity index (χ1) is 17.0. The highest BCUT2D eigenvalue weighted by Gasteiger charge is 2.37. The Labute approximate surface area is 203 Å². The molecule has 1 N–H and O–H groups in total. The summed E-state index contributed by atoms with van der Waals surface area (Å²) in [5.41, 5.74) is 4.63. The molecule has 0 saturated carbocycles. The van der Waals surface area contributed by atoms with Crippen LogP contribution in [0.2, 0.25) is 0 Å². The molecule has 8 heteroatoms. The molecule has 0 aromatic heterocycles. The summed E-state index contributed by atoms with van der Waals surface area (Å²) in [5, 5.41) is 2.82. The third-order valence-corrected chi connectivity index (χ3v) is 6.25. The molecule has 5 rings (SSSR count). The molecule has 3 aromatic rings. The van der Waals surface area contributed by atoms with E-state index in [-0.39, 0.29) is 11.5 Å². The monoisotopic (exact) mass is 471 g/mol. The van der Waals surface area contributed by atoms with Crippen molar-refractivity contribution in [1.29, 1.82) is 0 Å². The van der Waals surface area contributed by atoms with E-state index in [1.165, 1.54) is 21.3 Å². The van der Waals surface area contributed by atoms with Crippen molar-refractivity contribution in [2.75, 3.05) is 32.8 Å². The SMILES string of the molecule is COc1cc(C(=O)N[C@@H]2N=C(c3ccccc3)c3cccc4c3N(CC4)C2=O)cc(OC)c1OC. The van der Waals surface area contributed by atoms with Gasteiger partial charge in [-0.15, -0.1) is 0 Å². The topological polar surface area (TPSA) is 89.5 Å². The second kappa shape index (κ2) is 9.13. The fourth-order valence-electron chi connectivity index (χ4n) is 4.61. The maximum atomic E-state index is 13.6. The highest BCUT2D eigenvalue weighted by molar-refractivity contribution is 6.21. The molecule has 0 fully saturated rings. The van der Waals surface area contributed by atoms with Crippen molar-refractivity contribution in [2.24, 2.45) is 4.99 Å². The van der Waals surface area contributed by atoms with Crippen LogP contribution in [0.15, 0.2) is 65.7 Å². The lowest BCUT2D eigenvalue weighted by Crippen LogP contribution is -2.47. The number of aliphatic imine (C=N–C) groups is 1. The van der Waals surface area contributed by atoms with E-state index in [4.69, 9.17) is 19.2 Å². The maximum Gasteiger partial charge on any atom is 0.272 e. The molecule has 178 valence electrons. The van der Waals surface area contributed by atoms with Crippen molar-refractivity contribution < 1.29 is 23.8 Å². The quantitative estimate of drug-likeness (QED) is 0.596. The van der Waals surface area contributed by atoms with E-state index in [0.717, 1.165) is 28.8 Å². The first-order valence-corrected chi connectivity index (χ1v) is 11.2. The third kappa shape index (κ3) is 3.86. The van der Waals surface area contributed by atoms with E-state index in [1.807, 2.05) is 48.5 Å². The van der Waals surface area contributed by atoms with Gasteiger partial charge in [-0.05, 0) is 24.1 Å². The Morgan fingerprint density at radius 2 is 1.69 bits per heavy atom. The largest absolute Gasteiger partial charge is 0.493 e. The molecule has 0 spiro atoms. The van der Waals surface area contributed by atoms with Crippen molar-refractivity contribution in [3.8, 4) is 17.2 Å². The van der Waals surface area contributed by atoms with Crippen LogP contribution in [0.5, 0.6) is 17.2 Å². The van der Waals surface area contributed by atoms with Gasteiger partial charge in [0.2, 0.25) is 11.9 Å². The minimum atomic E-state index is -1.10. The van der Waals surface area contributed by atoms with Crippen molar-refractivity contribution in [3.05, 3.63) is 82.9 Å². The second-order valence-electron chi connectivity index (χ2n) is 8.19. The number of methoxy groups -OCH3 is 3. The summed E-state index contributed by atoms with van der Waals surface area (Å²) in [6, 6.07) is 18.8. The summed E-state index contributed by atoms with van der Waals surface area (Å²) in [7, 11) is 4.45. The Kier molecular flexibility index (Phi) is 5.86. The van der Waals surface area contributed by atoms with Gasteiger partial charge < -0.3 is 24.4 Å². The molecule has 2 aliphatic heterocycles. The molecule has 0 radical (unpaired) electrons. The van der Waals surface area contributed by atoms with Gasteiger partial charge in [0, 0.05) is 23.2 Å². The highest BCUT2D eigenvalue weighted by atomic mass is 16.5. The Hall–Kier alpha value is -4.33. The van der Waals surface area contributed by atoms with Gasteiger partial charge in [0.1, 0.15) is 0 Å². The van der Waals surface area contributed by atoms with Gasteiger partial charge in [0.15, 0.2) is 11.5 Å². The van der Waals surface area contributed by atoms with Crippen LogP contribution in [0, 0.1) is 0 Å². The summed E-state index contributed by atoms with van der Waals surface area (Å²) >= 11 is 0. The van der Waals surface area contributed by atoms with Crippen LogP contribution in [-0.4, -0.2) is 51.6 Å². The fraction of sp³-hybridized carbons (Fsp3) is 0.222. The Bertz CT molecular complexity index is 1310. The molecule has 0 unspecified atom stereocenters. The van der Waals surface area contributed by atoms with Gasteiger partial charge in [-0.3, -0.25) is 9.59 Å². The zero-order valence-electron chi connectivity index (χ0n) is 19.7. The molecule has 0 bridgehead atoms. The highest BCUT2D eigenvalue weighted by Crippen LogP contribution is 2.39. The average molecular weight is 472 g/mol. The van der Waals surface area contributed by atoms with E-state index in [0.29, 0.717) is 29.5 Å². The van der Waals surface area contributed by atoms with E-state index in [2.05, 4.69) is 5.32 Å². The molecular weight excluding hydrogens is 446 g/mol. The van der Waals surface area contributed by atoms with Crippen LogP contribution in [0.4, 0.5) is 5.69 Å². The number of rotatable bonds is 6. The molecular formula is C27H25N3O5. The van der Waals surface area contributed by atoms with Crippen LogP contribution < -0.4 is 24.4 Å². The van der Waals surface area contributed by atoms with Crippen molar-refractivity contribution in [1.82, 2.24) is 5.32 Å². The maximum absolute atomic E-state index is 13.6. The van der Waals surface area contributed by atoms with Crippen LogP contribution in [-0.2, 0) is 11.2 Å². The summed E-state index contributed by atoms with van der Waals surface area (Å²) in [5.74, 6) is 0.303. The molecule has 8 nitrogen and oxygen atoms in total. The Balaban J connectivity index is 1.57.